The second kappa shape index (κ2) is 5.37. The maximum Gasteiger partial charge on any atom is 0.0925 e. The lowest BCUT2D eigenvalue weighted by Gasteiger charge is -2.21. The van der Waals surface area contributed by atoms with E-state index in [4.69, 9.17) is 5.14 Å². The van der Waals surface area contributed by atoms with Gasteiger partial charge in [0.25, 0.3) is 0 Å². The van der Waals surface area contributed by atoms with Crippen LogP contribution in [0.5, 0.6) is 0 Å². The van der Waals surface area contributed by atoms with E-state index in [2.05, 4.69) is 11.9 Å². The van der Waals surface area contributed by atoms with Gasteiger partial charge in [0.15, 0.2) is 0 Å². The molecule has 0 fully saturated rings. The molecule has 0 amide bonds. The standard InChI is InChI=1S/C11H18N2OS/c1-4-11(15(12)14)8(2)10-6-5-7-13-9(10)3/h5-8,11H,4,12H2,1-3H3/t8-,11?,15?/m1/s1. The van der Waals surface area contributed by atoms with Gasteiger partial charge in [-0.25, -0.2) is 4.21 Å². The fourth-order valence-electron chi connectivity index (χ4n) is 1.90. The molecule has 0 spiro atoms. The SMILES string of the molecule is CCC([C@H](C)c1cccnc1C)S(N)=O. The van der Waals surface area contributed by atoms with Gasteiger partial charge in [-0.3, -0.25) is 10.1 Å². The highest BCUT2D eigenvalue weighted by atomic mass is 32.2. The van der Waals surface area contributed by atoms with Gasteiger partial charge in [-0.2, -0.15) is 0 Å². The Morgan fingerprint density at radius 2 is 2.27 bits per heavy atom. The molecule has 0 aliphatic carbocycles. The number of aryl methyl sites for hydroxylation is 1. The van der Waals surface area contributed by atoms with Crippen LogP contribution in [0, 0.1) is 6.92 Å². The first-order valence-electron chi connectivity index (χ1n) is 5.14. The molecule has 1 rings (SSSR count). The van der Waals surface area contributed by atoms with Crippen molar-refractivity contribution in [3.63, 3.8) is 0 Å². The van der Waals surface area contributed by atoms with E-state index >= 15 is 0 Å². The maximum absolute atomic E-state index is 11.4. The molecule has 3 nitrogen and oxygen atoms in total. The average Bonchev–Trinajstić information content (AvgIpc) is 2.18. The average molecular weight is 226 g/mol. The van der Waals surface area contributed by atoms with E-state index in [-0.39, 0.29) is 11.2 Å². The third-order valence-electron chi connectivity index (χ3n) is 2.80. The van der Waals surface area contributed by atoms with Gasteiger partial charge in [0, 0.05) is 11.9 Å². The first kappa shape index (κ1) is 12.3. The fraction of sp³-hybridized carbons (Fsp3) is 0.545. The van der Waals surface area contributed by atoms with Gasteiger partial charge >= 0.3 is 0 Å². The predicted octanol–water partition coefficient (Wildman–Crippen LogP) is 1.89. The Balaban J connectivity index is 2.97. The van der Waals surface area contributed by atoms with E-state index in [1.807, 2.05) is 26.0 Å². The Hall–Kier alpha value is -0.740. The monoisotopic (exact) mass is 226 g/mol. The number of pyridine rings is 1. The van der Waals surface area contributed by atoms with Crippen molar-refractivity contribution in [2.75, 3.05) is 0 Å². The van der Waals surface area contributed by atoms with E-state index in [0.717, 1.165) is 17.7 Å². The zero-order chi connectivity index (χ0) is 11.4. The number of nitrogens with zero attached hydrogens (tertiary/aromatic N) is 1. The summed E-state index contributed by atoms with van der Waals surface area (Å²) in [5, 5.41) is 5.49. The van der Waals surface area contributed by atoms with Crippen LogP contribution in [0.1, 0.15) is 37.4 Å². The first-order chi connectivity index (χ1) is 7.07. The third kappa shape index (κ3) is 2.86. The van der Waals surface area contributed by atoms with Crippen LogP contribution >= 0.6 is 0 Å². The number of hydrogen-bond donors (Lipinski definition) is 1. The highest BCUT2D eigenvalue weighted by Gasteiger charge is 2.22. The number of hydrogen-bond acceptors (Lipinski definition) is 2. The molecule has 1 aromatic heterocycles. The highest BCUT2D eigenvalue weighted by Crippen LogP contribution is 2.25. The van der Waals surface area contributed by atoms with Crippen molar-refractivity contribution in [1.29, 1.82) is 0 Å². The zero-order valence-electron chi connectivity index (χ0n) is 9.43. The first-order valence-corrected chi connectivity index (χ1v) is 6.42. The molecule has 1 aromatic rings. The molecule has 0 radical (unpaired) electrons. The lowest BCUT2D eigenvalue weighted by atomic mass is 9.95. The highest BCUT2D eigenvalue weighted by molar-refractivity contribution is 7.83. The van der Waals surface area contributed by atoms with Crippen molar-refractivity contribution >= 4 is 11.0 Å². The topological polar surface area (TPSA) is 56.0 Å². The molecular weight excluding hydrogens is 208 g/mol. The Bertz CT molecular complexity index is 354. The number of aromatic nitrogens is 1. The summed E-state index contributed by atoms with van der Waals surface area (Å²) in [6, 6.07) is 3.94. The molecule has 2 unspecified atom stereocenters. The summed E-state index contributed by atoms with van der Waals surface area (Å²) < 4.78 is 11.4. The van der Waals surface area contributed by atoms with E-state index in [0.29, 0.717) is 0 Å². The molecule has 84 valence electrons. The van der Waals surface area contributed by atoms with Crippen molar-refractivity contribution in [2.24, 2.45) is 5.14 Å². The van der Waals surface area contributed by atoms with Crippen LogP contribution in [0.3, 0.4) is 0 Å². The Morgan fingerprint density at radius 1 is 1.60 bits per heavy atom. The van der Waals surface area contributed by atoms with Crippen molar-refractivity contribution in [2.45, 2.75) is 38.4 Å². The molecule has 0 saturated carbocycles. The smallest absolute Gasteiger partial charge is 0.0925 e. The summed E-state index contributed by atoms with van der Waals surface area (Å²) in [6.07, 6.45) is 2.59. The minimum Gasteiger partial charge on any atom is -0.261 e. The van der Waals surface area contributed by atoms with Gasteiger partial charge < -0.3 is 0 Å². The van der Waals surface area contributed by atoms with Crippen molar-refractivity contribution in [1.82, 2.24) is 4.98 Å². The Kier molecular flexibility index (Phi) is 4.42. The molecule has 4 heteroatoms. The number of nitrogens with two attached hydrogens (primary N) is 1. The summed E-state index contributed by atoms with van der Waals surface area (Å²) in [7, 11) is -1.27. The van der Waals surface area contributed by atoms with Crippen LogP contribution in [-0.2, 0) is 11.0 Å². The normalized spacial score (nSPS) is 17.1. The van der Waals surface area contributed by atoms with Gasteiger partial charge in [-0.1, -0.05) is 19.9 Å². The van der Waals surface area contributed by atoms with E-state index in [9.17, 15) is 4.21 Å². The molecular formula is C11H18N2OS. The van der Waals surface area contributed by atoms with Crippen molar-refractivity contribution < 1.29 is 4.21 Å². The van der Waals surface area contributed by atoms with Gasteiger partial charge in [-0.15, -0.1) is 0 Å². The van der Waals surface area contributed by atoms with Gasteiger partial charge in [0.1, 0.15) is 0 Å². The Labute approximate surface area is 93.7 Å². The van der Waals surface area contributed by atoms with Gasteiger partial charge in [0.05, 0.1) is 16.2 Å². The summed E-state index contributed by atoms with van der Waals surface area (Å²) in [4.78, 5) is 4.24. The van der Waals surface area contributed by atoms with Crippen LogP contribution in [-0.4, -0.2) is 14.4 Å². The van der Waals surface area contributed by atoms with E-state index in [1.165, 1.54) is 0 Å². The summed E-state index contributed by atoms with van der Waals surface area (Å²) >= 11 is 0. The second-order valence-electron chi connectivity index (χ2n) is 3.74. The van der Waals surface area contributed by atoms with Crippen LogP contribution in [0.4, 0.5) is 0 Å². The lowest BCUT2D eigenvalue weighted by molar-refractivity contribution is 0.624. The summed E-state index contributed by atoms with van der Waals surface area (Å²) in [6.45, 7) is 6.04. The molecule has 0 aliphatic rings. The largest absolute Gasteiger partial charge is 0.261 e. The van der Waals surface area contributed by atoms with E-state index < -0.39 is 11.0 Å². The minimum absolute atomic E-state index is 0.00731. The molecule has 0 bridgehead atoms. The zero-order valence-corrected chi connectivity index (χ0v) is 10.3. The summed E-state index contributed by atoms with van der Waals surface area (Å²) in [5.41, 5.74) is 2.14. The quantitative estimate of drug-likeness (QED) is 0.852. The minimum atomic E-state index is -1.27. The van der Waals surface area contributed by atoms with E-state index in [1.54, 1.807) is 6.20 Å². The second-order valence-corrected chi connectivity index (χ2v) is 5.00. The molecule has 0 aliphatic heterocycles. The van der Waals surface area contributed by atoms with Crippen LogP contribution in [0.15, 0.2) is 18.3 Å². The molecule has 0 saturated heterocycles. The lowest BCUT2D eigenvalue weighted by Crippen LogP contribution is -2.27. The van der Waals surface area contributed by atoms with Crippen LogP contribution in [0.25, 0.3) is 0 Å². The molecule has 2 N–H and O–H groups in total. The van der Waals surface area contributed by atoms with Crippen LogP contribution < -0.4 is 5.14 Å². The fourth-order valence-corrected chi connectivity index (χ4v) is 2.77. The predicted molar refractivity (Wildman–Crippen MR) is 63.8 cm³/mol. The number of rotatable bonds is 4. The van der Waals surface area contributed by atoms with Crippen LogP contribution in [0.2, 0.25) is 0 Å². The molecule has 15 heavy (non-hydrogen) atoms. The van der Waals surface area contributed by atoms with Crippen molar-refractivity contribution in [3.05, 3.63) is 29.6 Å². The third-order valence-corrected chi connectivity index (χ3v) is 4.14. The van der Waals surface area contributed by atoms with Crippen molar-refractivity contribution in [3.8, 4) is 0 Å². The van der Waals surface area contributed by atoms with Gasteiger partial charge in [-0.05, 0) is 30.9 Å². The summed E-state index contributed by atoms with van der Waals surface area (Å²) in [5.74, 6) is 0.189. The molecule has 1 heterocycles. The maximum atomic E-state index is 11.4. The van der Waals surface area contributed by atoms with Gasteiger partial charge in [0.2, 0.25) is 0 Å². The molecule has 3 atom stereocenters. The molecule has 0 aromatic carbocycles. The Morgan fingerprint density at radius 3 is 2.73 bits per heavy atom.